The number of carbonyl (C=O) groups excluding carboxylic acids is 1. The first kappa shape index (κ1) is 25.7. The smallest absolute Gasteiger partial charge is 0.240 e. The minimum Gasteiger partial charge on any atom is -0.755 e. The molecule has 1 unspecified atom stereocenters. The van der Waals surface area contributed by atoms with Gasteiger partial charge in [0, 0.05) is 18.3 Å². The molecule has 2 atom stereocenters. The number of hydrogen-bond acceptors (Lipinski definition) is 8. The zero-order valence-corrected chi connectivity index (χ0v) is 21.9. The third-order valence-electron chi connectivity index (χ3n) is 6.30. The molecule has 1 aliphatic rings. The summed E-state index contributed by atoms with van der Waals surface area (Å²) in [6.45, 7) is 0.633. The van der Waals surface area contributed by atoms with Gasteiger partial charge in [0.25, 0.3) is 0 Å². The molecule has 3 aromatic carbocycles. The number of primary amides is 1. The molecular weight excluding hydrogens is 528 g/mol. The number of methoxy groups -OCH3 is 1. The van der Waals surface area contributed by atoms with Gasteiger partial charge in [-0.05, 0) is 55.3 Å². The van der Waals surface area contributed by atoms with E-state index < -0.39 is 23.2 Å². The number of amides is 1. The average Bonchev–Trinajstić information content (AvgIpc) is 3.41. The molecule has 0 radical (unpaired) electrons. The van der Waals surface area contributed by atoms with Crippen LogP contribution in [0.2, 0.25) is 5.02 Å². The quantitative estimate of drug-likeness (QED) is 0.307. The van der Waals surface area contributed by atoms with Crippen LogP contribution in [0.1, 0.15) is 12.8 Å². The van der Waals surface area contributed by atoms with E-state index in [0.717, 1.165) is 10.7 Å². The molecule has 0 saturated carbocycles. The summed E-state index contributed by atoms with van der Waals surface area (Å²) in [4.78, 5) is 23.2. The third-order valence-corrected chi connectivity index (χ3v) is 7.31. The van der Waals surface area contributed by atoms with Crippen LogP contribution in [0.25, 0.3) is 11.0 Å². The number of para-hydroxylation sites is 2. The average molecular weight is 552 g/mol. The predicted molar refractivity (Wildman–Crippen MR) is 148 cm³/mol. The number of fused-ring (bicyclic) bond motifs is 1. The molecular formula is C26H24ClN6O4S-. The van der Waals surface area contributed by atoms with Crippen molar-refractivity contribution in [2.75, 3.05) is 28.2 Å². The van der Waals surface area contributed by atoms with Crippen LogP contribution in [0, 0.1) is 0 Å². The number of benzene rings is 3. The Kier molecular flexibility index (Phi) is 7.32. The highest BCUT2D eigenvalue weighted by atomic mass is 35.5. The van der Waals surface area contributed by atoms with Crippen LogP contribution >= 0.6 is 11.6 Å². The van der Waals surface area contributed by atoms with Gasteiger partial charge >= 0.3 is 0 Å². The van der Waals surface area contributed by atoms with Gasteiger partial charge in [-0.1, -0.05) is 29.8 Å². The van der Waals surface area contributed by atoms with Gasteiger partial charge in [0.1, 0.15) is 11.8 Å². The minimum absolute atomic E-state index is 0.0425. The van der Waals surface area contributed by atoms with Crippen LogP contribution in [-0.2, 0) is 16.1 Å². The molecule has 10 nitrogen and oxygen atoms in total. The molecule has 1 amide bonds. The van der Waals surface area contributed by atoms with Crippen molar-refractivity contribution in [3.05, 3.63) is 71.8 Å². The second-order valence-electron chi connectivity index (χ2n) is 8.64. The second kappa shape index (κ2) is 10.8. The number of ether oxygens (including phenoxy) is 1. The van der Waals surface area contributed by atoms with Crippen LogP contribution in [0.15, 0.2) is 66.7 Å². The standard InChI is InChI=1S/C26H25ClN6O4S/c1-37-18-11-12-19(27)22(15-18)30-25-26(31-21-9-3-2-8-20(21)29-25)33(38(35)36)17-7-4-6-16(14-17)32-13-5-10-23(32)24(28)34/h2-4,6-9,11-12,14-15,23H,5,10,13H2,1H3,(H2,28,34)(H,29,30)(H,35,36)/p-1/t23-/m0/s1. The maximum Gasteiger partial charge on any atom is 0.240 e. The van der Waals surface area contributed by atoms with Crippen LogP contribution in [0.5, 0.6) is 5.75 Å². The van der Waals surface area contributed by atoms with Gasteiger partial charge in [0.15, 0.2) is 11.6 Å². The fraction of sp³-hybridized carbons (Fsp3) is 0.192. The Bertz CT molecular complexity index is 1540. The first-order chi connectivity index (χ1) is 18.4. The fourth-order valence-electron chi connectivity index (χ4n) is 4.52. The number of hydrogen-bond donors (Lipinski definition) is 2. The molecule has 4 aromatic rings. The molecule has 0 aliphatic carbocycles. The van der Waals surface area contributed by atoms with Crippen molar-refractivity contribution < 1.29 is 18.3 Å². The number of nitrogens with zero attached hydrogens (tertiary/aromatic N) is 4. The number of carbonyl (C=O) groups is 1. The zero-order valence-electron chi connectivity index (χ0n) is 20.3. The fourth-order valence-corrected chi connectivity index (χ4v) is 5.24. The topological polar surface area (TPSA) is 137 Å². The Labute approximate surface area is 226 Å². The van der Waals surface area contributed by atoms with E-state index in [4.69, 9.17) is 22.1 Å². The summed E-state index contributed by atoms with van der Waals surface area (Å²) < 4.78 is 31.8. The Morgan fingerprint density at radius 3 is 2.63 bits per heavy atom. The van der Waals surface area contributed by atoms with Crippen LogP contribution in [-0.4, -0.2) is 44.3 Å². The number of nitrogens with one attached hydrogen (secondary N) is 1. The highest BCUT2D eigenvalue weighted by molar-refractivity contribution is 7.81. The summed E-state index contributed by atoms with van der Waals surface area (Å²) in [6, 6.07) is 18.6. The number of rotatable bonds is 8. The highest BCUT2D eigenvalue weighted by Crippen LogP contribution is 2.38. The van der Waals surface area contributed by atoms with E-state index in [0.29, 0.717) is 51.8 Å². The molecule has 196 valence electrons. The van der Waals surface area contributed by atoms with Crippen molar-refractivity contribution in [3.8, 4) is 5.75 Å². The maximum absolute atomic E-state index is 12.7. The van der Waals surface area contributed by atoms with Gasteiger partial charge in [-0.2, -0.15) is 0 Å². The summed E-state index contributed by atoms with van der Waals surface area (Å²) in [5.74, 6) is 0.351. The largest absolute Gasteiger partial charge is 0.755 e. The van der Waals surface area contributed by atoms with Crippen molar-refractivity contribution in [2.45, 2.75) is 18.9 Å². The maximum atomic E-state index is 12.7. The Hall–Kier alpha value is -3.93. The lowest BCUT2D eigenvalue weighted by Crippen LogP contribution is -2.40. The molecule has 38 heavy (non-hydrogen) atoms. The van der Waals surface area contributed by atoms with Crippen molar-refractivity contribution in [1.82, 2.24) is 9.97 Å². The second-order valence-corrected chi connectivity index (χ2v) is 9.85. The van der Waals surface area contributed by atoms with E-state index in [-0.39, 0.29) is 11.6 Å². The molecule has 3 N–H and O–H groups in total. The first-order valence-electron chi connectivity index (χ1n) is 11.8. The van der Waals surface area contributed by atoms with Gasteiger partial charge in [-0.3, -0.25) is 13.3 Å². The predicted octanol–water partition coefficient (Wildman–Crippen LogP) is 4.42. The van der Waals surface area contributed by atoms with Gasteiger partial charge in [0.05, 0.1) is 45.8 Å². The number of nitrogens with two attached hydrogens (primary N) is 1. The molecule has 12 heteroatoms. The molecule has 1 fully saturated rings. The van der Waals surface area contributed by atoms with Crippen LogP contribution < -0.4 is 25.0 Å². The zero-order chi connectivity index (χ0) is 26.8. The Morgan fingerprint density at radius 1 is 1.16 bits per heavy atom. The summed E-state index contributed by atoms with van der Waals surface area (Å²) in [5, 5.41) is 3.52. The Balaban J connectivity index is 1.63. The SMILES string of the molecule is COc1ccc(Cl)c(Nc2nc3ccccc3nc2N(c2cccc(N3CCC[C@H]3C(N)=O)c2)S(=O)[O-])c1. The van der Waals surface area contributed by atoms with Crippen LogP contribution in [0.4, 0.5) is 28.7 Å². The molecule has 0 spiro atoms. The molecule has 5 rings (SSSR count). The van der Waals surface area contributed by atoms with Crippen LogP contribution in [0.3, 0.4) is 0 Å². The number of aromatic nitrogens is 2. The molecule has 1 aliphatic heterocycles. The van der Waals surface area contributed by atoms with Crippen molar-refractivity contribution in [2.24, 2.45) is 5.73 Å². The third kappa shape index (κ3) is 5.08. The summed E-state index contributed by atoms with van der Waals surface area (Å²) in [5.41, 5.74) is 8.13. The van der Waals surface area contributed by atoms with E-state index in [2.05, 4.69) is 15.3 Å². The molecule has 2 heterocycles. The lowest BCUT2D eigenvalue weighted by molar-refractivity contribution is -0.119. The van der Waals surface area contributed by atoms with Gasteiger partial charge in [0.2, 0.25) is 5.91 Å². The van der Waals surface area contributed by atoms with Gasteiger partial charge in [-0.25, -0.2) is 9.97 Å². The molecule has 1 saturated heterocycles. The summed E-state index contributed by atoms with van der Waals surface area (Å²) in [6.07, 6.45) is 1.45. The van der Waals surface area contributed by atoms with E-state index in [9.17, 15) is 13.6 Å². The normalized spacial score (nSPS) is 15.9. The van der Waals surface area contributed by atoms with E-state index in [1.807, 2.05) is 17.0 Å². The van der Waals surface area contributed by atoms with E-state index >= 15 is 0 Å². The molecule has 1 aromatic heterocycles. The van der Waals surface area contributed by atoms with Gasteiger partial charge < -0.3 is 25.2 Å². The van der Waals surface area contributed by atoms with Gasteiger partial charge in [-0.15, -0.1) is 0 Å². The first-order valence-corrected chi connectivity index (χ1v) is 13.2. The minimum atomic E-state index is -2.78. The monoisotopic (exact) mass is 551 g/mol. The highest BCUT2D eigenvalue weighted by Gasteiger charge is 2.30. The van der Waals surface area contributed by atoms with E-state index in [1.165, 1.54) is 7.11 Å². The number of anilines is 5. The summed E-state index contributed by atoms with van der Waals surface area (Å²) >= 11 is 3.64. The summed E-state index contributed by atoms with van der Waals surface area (Å²) in [7, 11) is 1.53. The lowest BCUT2D eigenvalue weighted by atomic mass is 10.2. The van der Waals surface area contributed by atoms with E-state index in [1.54, 1.807) is 54.6 Å². The van der Waals surface area contributed by atoms with Crippen molar-refractivity contribution in [3.63, 3.8) is 0 Å². The lowest BCUT2D eigenvalue weighted by Gasteiger charge is -2.29. The Morgan fingerprint density at radius 2 is 1.92 bits per heavy atom. The van der Waals surface area contributed by atoms with Crippen molar-refractivity contribution in [1.29, 1.82) is 0 Å². The molecule has 0 bridgehead atoms. The number of halogens is 1. The van der Waals surface area contributed by atoms with Crippen molar-refractivity contribution >= 4 is 68.5 Å².